The molecule has 0 saturated heterocycles. The van der Waals surface area contributed by atoms with Crippen molar-refractivity contribution in [3.63, 3.8) is 0 Å². The standard InChI is InChI=1S/C15H21N3/c1-4-12-5-7-13(8-6-12)15-11(2)14(9-10-16)17-18(15)3/h5-8H,4,9-10,16H2,1-3H3. The molecule has 2 aromatic rings. The zero-order chi connectivity index (χ0) is 13.1. The van der Waals surface area contributed by atoms with E-state index in [9.17, 15) is 0 Å². The van der Waals surface area contributed by atoms with Gasteiger partial charge in [-0.25, -0.2) is 0 Å². The topological polar surface area (TPSA) is 43.8 Å². The molecule has 2 rings (SSSR count). The van der Waals surface area contributed by atoms with Gasteiger partial charge in [0, 0.05) is 19.0 Å². The molecule has 0 radical (unpaired) electrons. The first-order valence-electron chi connectivity index (χ1n) is 6.49. The van der Waals surface area contributed by atoms with Crippen LogP contribution in [0, 0.1) is 6.92 Å². The average molecular weight is 243 g/mol. The van der Waals surface area contributed by atoms with Gasteiger partial charge in [-0.2, -0.15) is 5.10 Å². The van der Waals surface area contributed by atoms with Crippen molar-refractivity contribution in [1.29, 1.82) is 0 Å². The lowest BCUT2D eigenvalue weighted by molar-refractivity contribution is 0.745. The van der Waals surface area contributed by atoms with Crippen LogP contribution in [0.4, 0.5) is 0 Å². The SMILES string of the molecule is CCc1ccc(-c2c(C)c(CCN)nn2C)cc1. The Labute approximate surface area is 109 Å². The van der Waals surface area contributed by atoms with E-state index in [-0.39, 0.29) is 0 Å². The smallest absolute Gasteiger partial charge is 0.0710 e. The van der Waals surface area contributed by atoms with E-state index in [2.05, 4.69) is 43.2 Å². The Balaban J connectivity index is 2.43. The summed E-state index contributed by atoms with van der Waals surface area (Å²) in [5, 5.41) is 4.56. The summed E-state index contributed by atoms with van der Waals surface area (Å²) >= 11 is 0. The van der Waals surface area contributed by atoms with Gasteiger partial charge in [0.25, 0.3) is 0 Å². The summed E-state index contributed by atoms with van der Waals surface area (Å²) in [6, 6.07) is 8.72. The van der Waals surface area contributed by atoms with Crippen molar-refractivity contribution in [2.24, 2.45) is 12.8 Å². The van der Waals surface area contributed by atoms with Crippen LogP contribution in [-0.4, -0.2) is 16.3 Å². The minimum absolute atomic E-state index is 0.645. The van der Waals surface area contributed by atoms with E-state index in [0.717, 1.165) is 18.5 Å². The van der Waals surface area contributed by atoms with Crippen LogP contribution >= 0.6 is 0 Å². The Kier molecular flexibility index (Phi) is 3.82. The molecule has 0 aliphatic rings. The third-order valence-corrected chi connectivity index (χ3v) is 3.40. The van der Waals surface area contributed by atoms with Crippen molar-refractivity contribution >= 4 is 0 Å². The second kappa shape index (κ2) is 5.36. The molecule has 3 nitrogen and oxygen atoms in total. The molecule has 0 unspecified atom stereocenters. The predicted octanol–water partition coefficient (Wildman–Crippen LogP) is 2.46. The highest BCUT2D eigenvalue weighted by molar-refractivity contribution is 5.64. The molecular formula is C15H21N3. The third kappa shape index (κ3) is 2.31. The van der Waals surface area contributed by atoms with Gasteiger partial charge in [0.2, 0.25) is 0 Å². The molecule has 0 fully saturated rings. The molecule has 1 aromatic carbocycles. The van der Waals surface area contributed by atoms with Crippen LogP contribution in [0.2, 0.25) is 0 Å². The maximum atomic E-state index is 5.62. The molecule has 0 spiro atoms. The van der Waals surface area contributed by atoms with Crippen molar-refractivity contribution in [2.45, 2.75) is 26.7 Å². The number of nitrogens with zero attached hydrogens (tertiary/aromatic N) is 2. The van der Waals surface area contributed by atoms with E-state index in [4.69, 9.17) is 5.73 Å². The number of benzene rings is 1. The Morgan fingerprint density at radius 3 is 2.44 bits per heavy atom. The van der Waals surface area contributed by atoms with Gasteiger partial charge in [0.05, 0.1) is 11.4 Å². The first-order valence-corrected chi connectivity index (χ1v) is 6.49. The van der Waals surface area contributed by atoms with Gasteiger partial charge in [0.15, 0.2) is 0 Å². The average Bonchev–Trinajstić information content (AvgIpc) is 2.65. The lowest BCUT2D eigenvalue weighted by atomic mass is 10.0. The summed E-state index contributed by atoms with van der Waals surface area (Å²) in [6.45, 7) is 4.94. The molecular weight excluding hydrogens is 222 g/mol. The summed E-state index contributed by atoms with van der Waals surface area (Å²) in [6.07, 6.45) is 1.91. The summed E-state index contributed by atoms with van der Waals surface area (Å²) in [7, 11) is 2.00. The monoisotopic (exact) mass is 243 g/mol. The van der Waals surface area contributed by atoms with Crippen LogP contribution < -0.4 is 5.73 Å². The van der Waals surface area contributed by atoms with Gasteiger partial charge < -0.3 is 5.73 Å². The quantitative estimate of drug-likeness (QED) is 0.896. The normalized spacial score (nSPS) is 10.9. The fourth-order valence-corrected chi connectivity index (χ4v) is 2.36. The lowest BCUT2D eigenvalue weighted by Gasteiger charge is -2.05. The lowest BCUT2D eigenvalue weighted by Crippen LogP contribution is -2.04. The van der Waals surface area contributed by atoms with Gasteiger partial charge in [0.1, 0.15) is 0 Å². The van der Waals surface area contributed by atoms with Crippen LogP contribution in [0.3, 0.4) is 0 Å². The zero-order valence-electron chi connectivity index (χ0n) is 11.4. The highest BCUT2D eigenvalue weighted by Gasteiger charge is 2.13. The van der Waals surface area contributed by atoms with E-state index in [1.165, 1.54) is 22.4 Å². The summed E-state index contributed by atoms with van der Waals surface area (Å²) in [4.78, 5) is 0. The van der Waals surface area contributed by atoms with Crippen molar-refractivity contribution in [1.82, 2.24) is 9.78 Å². The van der Waals surface area contributed by atoms with E-state index < -0.39 is 0 Å². The maximum Gasteiger partial charge on any atom is 0.0710 e. The molecule has 0 bridgehead atoms. The number of hydrogen-bond donors (Lipinski definition) is 1. The molecule has 0 amide bonds. The van der Waals surface area contributed by atoms with Gasteiger partial charge in [-0.05, 0) is 31.0 Å². The Bertz CT molecular complexity index is 523. The molecule has 0 aliphatic heterocycles. The van der Waals surface area contributed by atoms with Crippen LogP contribution in [0.15, 0.2) is 24.3 Å². The number of aromatic nitrogens is 2. The van der Waals surface area contributed by atoms with E-state index in [1.54, 1.807) is 0 Å². The number of hydrogen-bond acceptors (Lipinski definition) is 2. The third-order valence-electron chi connectivity index (χ3n) is 3.40. The summed E-state index contributed by atoms with van der Waals surface area (Å²) < 4.78 is 1.96. The van der Waals surface area contributed by atoms with E-state index >= 15 is 0 Å². The van der Waals surface area contributed by atoms with Crippen LogP contribution in [0.5, 0.6) is 0 Å². The number of aryl methyl sites for hydroxylation is 2. The Hall–Kier alpha value is -1.61. The fraction of sp³-hybridized carbons (Fsp3) is 0.400. The first-order chi connectivity index (χ1) is 8.67. The highest BCUT2D eigenvalue weighted by Crippen LogP contribution is 2.25. The molecule has 1 aromatic heterocycles. The second-order valence-corrected chi connectivity index (χ2v) is 4.63. The van der Waals surface area contributed by atoms with Crippen LogP contribution in [0.25, 0.3) is 11.3 Å². The molecule has 2 N–H and O–H groups in total. The predicted molar refractivity (Wildman–Crippen MR) is 75.5 cm³/mol. The maximum absolute atomic E-state index is 5.62. The number of rotatable bonds is 4. The van der Waals surface area contributed by atoms with Crippen molar-refractivity contribution < 1.29 is 0 Å². The van der Waals surface area contributed by atoms with Gasteiger partial charge in [-0.15, -0.1) is 0 Å². The van der Waals surface area contributed by atoms with E-state index in [1.807, 2.05) is 11.7 Å². The minimum Gasteiger partial charge on any atom is -0.330 e. The Morgan fingerprint density at radius 1 is 1.22 bits per heavy atom. The fourth-order valence-electron chi connectivity index (χ4n) is 2.36. The summed E-state index contributed by atoms with van der Waals surface area (Å²) in [5.41, 5.74) is 11.7. The van der Waals surface area contributed by atoms with E-state index in [0.29, 0.717) is 6.54 Å². The van der Waals surface area contributed by atoms with Gasteiger partial charge in [-0.1, -0.05) is 31.2 Å². The molecule has 3 heteroatoms. The van der Waals surface area contributed by atoms with Crippen LogP contribution in [0.1, 0.15) is 23.7 Å². The second-order valence-electron chi connectivity index (χ2n) is 4.63. The molecule has 1 heterocycles. The molecule has 18 heavy (non-hydrogen) atoms. The minimum atomic E-state index is 0.645. The molecule has 96 valence electrons. The molecule has 0 atom stereocenters. The first kappa shape index (κ1) is 12.8. The van der Waals surface area contributed by atoms with Gasteiger partial charge in [-0.3, -0.25) is 4.68 Å². The van der Waals surface area contributed by atoms with Crippen molar-refractivity contribution in [3.05, 3.63) is 41.1 Å². The zero-order valence-corrected chi connectivity index (χ0v) is 11.4. The molecule has 0 aliphatic carbocycles. The van der Waals surface area contributed by atoms with Gasteiger partial charge >= 0.3 is 0 Å². The summed E-state index contributed by atoms with van der Waals surface area (Å²) in [5.74, 6) is 0. The molecule has 0 saturated carbocycles. The highest BCUT2D eigenvalue weighted by atomic mass is 15.3. The van der Waals surface area contributed by atoms with Crippen LogP contribution in [-0.2, 0) is 19.9 Å². The number of nitrogens with two attached hydrogens (primary N) is 1. The largest absolute Gasteiger partial charge is 0.330 e. The van der Waals surface area contributed by atoms with Crippen molar-refractivity contribution in [2.75, 3.05) is 6.54 Å². The van der Waals surface area contributed by atoms with Crippen molar-refractivity contribution in [3.8, 4) is 11.3 Å². The Morgan fingerprint density at radius 2 is 1.89 bits per heavy atom.